The number of rotatable bonds is 37. The summed E-state index contributed by atoms with van der Waals surface area (Å²) in [7, 11) is 0. The molecule has 0 saturated carbocycles. The predicted octanol–water partition coefficient (Wildman–Crippen LogP) is -6.11. The molecule has 0 saturated heterocycles. The molecule has 0 aliphatic rings. The largest absolute Gasteiger partial charge is 0.481 e. The zero-order chi connectivity index (χ0) is 53.7. The number of aliphatic carboxylic acids is 3. The summed E-state index contributed by atoms with van der Waals surface area (Å²) in [5.41, 5.74) is 21.9. The number of carbonyl (C=O) groups excluding carboxylic acids is 10. The van der Waals surface area contributed by atoms with Gasteiger partial charge in [0.15, 0.2) is 0 Å². The fourth-order valence-electron chi connectivity index (χ4n) is 6.26. The van der Waals surface area contributed by atoms with Crippen LogP contribution in [0, 0.1) is 0 Å². The highest BCUT2D eigenvalue weighted by Gasteiger charge is 2.35. The molecule has 0 aromatic rings. The van der Waals surface area contributed by atoms with Crippen molar-refractivity contribution in [2.75, 3.05) is 13.2 Å². The van der Waals surface area contributed by atoms with E-state index in [-0.39, 0.29) is 32.2 Å². The topological polar surface area (TPSA) is 503 Å². The number of amides is 10. The van der Waals surface area contributed by atoms with Crippen molar-refractivity contribution in [3.8, 4) is 0 Å². The molecule has 396 valence electrons. The Bertz CT molecular complexity index is 1850. The van der Waals surface area contributed by atoms with Crippen LogP contribution in [0.3, 0.4) is 0 Å². The number of unbranched alkanes of at least 4 members (excludes halogenated alkanes) is 1. The van der Waals surface area contributed by atoms with E-state index >= 15 is 0 Å². The number of hydrogen-bond acceptors (Lipinski definition) is 16. The Morgan fingerprint density at radius 1 is 0.443 bits per heavy atom. The summed E-state index contributed by atoms with van der Waals surface area (Å²) < 4.78 is 0. The van der Waals surface area contributed by atoms with Gasteiger partial charge in [-0.05, 0) is 58.4 Å². The average molecular weight is 1000 g/mol. The van der Waals surface area contributed by atoms with Crippen molar-refractivity contribution >= 4 is 77.0 Å². The molecular formula is C41H70N12O17. The summed E-state index contributed by atoms with van der Waals surface area (Å²) in [5, 5.41) is 56.2. The van der Waals surface area contributed by atoms with Gasteiger partial charge in [-0.2, -0.15) is 0 Å². The SMILES string of the molecule is CCCC[C@H](NC(=O)[C@H](CCC(=O)O)NC(=O)[C@H](C)NC(=O)[C@@H](N)CCC)C(=O)N[C@@H](CO)C(=O)N[C@@H](CC(N)=O)C(=O)N[C@@H](CCC(=O)O)C(=O)N[C@@H](CCC(=O)O)C(=O)N[C@@H](CCCN)C(N)=O. The Balaban J connectivity index is 6.46. The first-order chi connectivity index (χ1) is 32.8. The maximum absolute atomic E-state index is 13.6. The van der Waals surface area contributed by atoms with E-state index in [2.05, 4.69) is 42.5 Å². The van der Waals surface area contributed by atoms with Crippen LogP contribution in [0.2, 0.25) is 0 Å². The Morgan fingerprint density at radius 3 is 1.17 bits per heavy atom. The van der Waals surface area contributed by atoms with Gasteiger partial charge < -0.3 is 85.9 Å². The number of carboxylic acids is 3. The van der Waals surface area contributed by atoms with Crippen molar-refractivity contribution in [3.05, 3.63) is 0 Å². The summed E-state index contributed by atoms with van der Waals surface area (Å²) in [6, 6.07) is -14.0. The van der Waals surface area contributed by atoms with Gasteiger partial charge in [0.2, 0.25) is 59.1 Å². The highest BCUT2D eigenvalue weighted by molar-refractivity contribution is 5.99. The summed E-state index contributed by atoms with van der Waals surface area (Å²) >= 11 is 0. The van der Waals surface area contributed by atoms with Crippen LogP contribution in [0.25, 0.3) is 0 Å². The van der Waals surface area contributed by atoms with Crippen molar-refractivity contribution in [2.45, 2.75) is 165 Å². The predicted molar refractivity (Wildman–Crippen MR) is 243 cm³/mol. The minimum Gasteiger partial charge on any atom is -0.481 e. The minimum atomic E-state index is -1.98. The molecule has 0 aromatic carbocycles. The number of hydrogen-bond donors (Lipinski definition) is 16. The Kier molecular flexibility index (Phi) is 30.1. The lowest BCUT2D eigenvalue weighted by molar-refractivity contribution is -0.140. The van der Waals surface area contributed by atoms with Crippen molar-refractivity contribution in [2.24, 2.45) is 22.9 Å². The smallest absolute Gasteiger partial charge is 0.303 e. The number of aliphatic hydroxyl groups excluding tert-OH is 1. The average Bonchev–Trinajstić information content (AvgIpc) is 3.28. The highest BCUT2D eigenvalue weighted by Crippen LogP contribution is 2.09. The van der Waals surface area contributed by atoms with Gasteiger partial charge in [0.25, 0.3) is 0 Å². The molecule has 0 aromatic heterocycles. The van der Waals surface area contributed by atoms with Crippen LogP contribution < -0.4 is 65.5 Å². The first-order valence-electron chi connectivity index (χ1n) is 22.5. The summed E-state index contributed by atoms with van der Waals surface area (Å²) in [5.74, 6) is -15.0. The van der Waals surface area contributed by atoms with Gasteiger partial charge in [0.1, 0.15) is 48.3 Å². The van der Waals surface area contributed by atoms with Crippen LogP contribution in [0.1, 0.15) is 111 Å². The zero-order valence-electron chi connectivity index (χ0n) is 39.4. The molecule has 0 heterocycles. The number of primary amides is 2. The van der Waals surface area contributed by atoms with Crippen LogP contribution in [0.4, 0.5) is 0 Å². The molecule has 10 amide bonds. The molecule has 0 bridgehead atoms. The lowest BCUT2D eigenvalue weighted by Crippen LogP contribution is -2.61. The van der Waals surface area contributed by atoms with E-state index in [0.717, 1.165) is 0 Å². The molecule has 70 heavy (non-hydrogen) atoms. The Labute approximate surface area is 402 Å². The molecule has 0 rings (SSSR count). The van der Waals surface area contributed by atoms with E-state index in [1.807, 2.05) is 0 Å². The first-order valence-corrected chi connectivity index (χ1v) is 22.5. The second-order valence-electron chi connectivity index (χ2n) is 16.2. The number of carbonyl (C=O) groups is 13. The maximum Gasteiger partial charge on any atom is 0.303 e. The lowest BCUT2D eigenvalue weighted by atomic mass is 10.0. The normalized spacial score (nSPS) is 14.7. The van der Waals surface area contributed by atoms with E-state index in [1.165, 1.54) is 6.92 Å². The van der Waals surface area contributed by atoms with Crippen molar-refractivity contribution in [1.29, 1.82) is 0 Å². The standard InChI is InChI=1S/C41H70N12O17/c1-4-6-9-23(49-38(67)24(11-14-30(56)57)48-34(63)20(3)46-35(64)21(43)8-5-2)36(65)53-28(19-54)41(70)52-27(18-29(44)55)40(69)51-26(13-16-32(60)61)39(68)50-25(12-15-31(58)59)37(66)47-22(33(45)62)10-7-17-42/h20-28,54H,4-19,42-43H2,1-3H3,(H2,44,55)(H2,45,62)(H,46,64)(H,47,66)(H,48,63)(H,49,67)(H,50,68)(H,51,69)(H,52,70)(H,53,65)(H,56,57)(H,58,59)(H,60,61)/t20-,21-,22-,23-,24-,25-,26-,27-,28-/m0/s1. The Morgan fingerprint density at radius 2 is 0.800 bits per heavy atom. The van der Waals surface area contributed by atoms with E-state index in [0.29, 0.717) is 19.3 Å². The molecule has 0 radical (unpaired) electrons. The number of nitrogens with one attached hydrogen (secondary N) is 8. The first kappa shape index (κ1) is 63.0. The quantitative estimate of drug-likeness (QED) is 0.0275. The van der Waals surface area contributed by atoms with Crippen LogP contribution in [-0.4, -0.2) is 165 Å². The molecule has 0 fully saturated rings. The number of nitrogens with two attached hydrogens (primary N) is 4. The van der Waals surface area contributed by atoms with Gasteiger partial charge in [-0.1, -0.05) is 33.1 Å². The third-order valence-corrected chi connectivity index (χ3v) is 10.2. The van der Waals surface area contributed by atoms with Crippen molar-refractivity contribution in [3.63, 3.8) is 0 Å². The van der Waals surface area contributed by atoms with Crippen LogP contribution in [0.15, 0.2) is 0 Å². The zero-order valence-corrected chi connectivity index (χ0v) is 39.4. The van der Waals surface area contributed by atoms with E-state index in [1.54, 1.807) is 13.8 Å². The highest BCUT2D eigenvalue weighted by atomic mass is 16.4. The number of aliphatic hydroxyl groups is 1. The fraction of sp³-hybridized carbons (Fsp3) is 0.683. The second-order valence-corrected chi connectivity index (χ2v) is 16.2. The molecule has 0 aliphatic heterocycles. The van der Waals surface area contributed by atoms with Gasteiger partial charge >= 0.3 is 17.9 Å². The third kappa shape index (κ3) is 25.4. The summed E-state index contributed by atoms with van der Waals surface area (Å²) in [4.78, 5) is 165. The fourth-order valence-corrected chi connectivity index (χ4v) is 6.26. The lowest BCUT2D eigenvalue weighted by Gasteiger charge is -2.27. The van der Waals surface area contributed by atoms with Gasteiger partial charge in [0, 0.05) is 19.3 Å². The summed E-state index contributed by atoms with van der Waals surface area (Å²) in [6.07, 6.45) is -3.04. The van der Waals surface area contributed by atoms with E-state index in [9.17, 15) is 82.8 Å². The monoisotopic (exact) mass is 1000 g/mol. The summed E-state index contributed by atoms with van der Waals surface area (Å²) in [6.45, 7) is 3.77. The van der Waals surface area contributed by atoms with Crippen LogP contribution in [-0.2, 0) is 62.3 Å². The minimum absolute atomic E-state index is 0.0187. The van der Waals surface area contributed by atoms with Crippen molar-refractivity contribution < 1.29 is 82.8 Å². The Hall–Kier alpha value is -7.01. The molecular weight excluding hydrogens is 933 g/mol. The molecule has 29 nitrogen and oxygen atoms in total. The van der Waals surface area contributed by atoms with E-state index < -0.39 is 183 Å². The molecule has 0 spiro atoms. The van der Waals surface area contributed by atoms with Gasteiger partial charge in [-0.3, -0.25) is 62.3 Å². The van der Waals surface area contributed by atoms with Crippen LogP contribution >= 0.6 is 0 Å². The third-order valence-electron chi connectivity index (χ3n) is 10.2. The second kappa shape index (κ2) is 33.5. The maximum atomic E-state index is 13.6. The molecule has 0 aliphatic carbocycles. The number of carboxylic acid groups (broad SMARTS) is 3. The van der Waals surface area contributed by atoms with Gasteiger partial charge in [0.05, 0.1) is 19.1 Å². The molecule has 0 unspecified atom stereocenters. The van der Waals surface area contributed by atoms with Gasteiger partial charge in [-0.15, -0.1) is 0 Å². The van der Waals surface area contributed by atoms with Crippen molar-refractivity contribution in [1.82, 2.24) is 42.5 Å². The molecule has 20 N–H and O–H groups in total. The molecule has 29 heteroatoms. The van der Waals surface area contributed by atoms with Crippen LogP contribution in [0.5, 0.6) is 0 Å². The van der Waals surface area contributed by atoms with E-state index in [4.69, 9.17) is 22.9 Å². The van der Waals surface area contributed by atoms with Gasteiger partial charge in [-0.25, -0.2) is 0 Å². The molecule has 9 atom stereocenters.